The molecule has 1 heterocycles. The van der Waals surface area contributed by atoms with Crippen molar-refractivity contribution in [3.8, 4) is 5.75 Å². The molecule has 2 aromatic rings. The van der Waals surface area contributed by atoms with Crippen LogP contribution in [0.2, 0.25) is 0 Å². The summed E-state index contributed by atoms with van der Waals surface area (Å²) in [5, 5.41) is 9.79. The smallest absolute Gasteiger partial charge is 0.123 e. The summed E-state index contributed by atoms with van der Waals surface area (Å²) < 4.78 is 13.3. The second-order valence-corrected chi connectivity index (χ2v) is 5.51. The molecule has 0 amide bonds. The standard InChI is InChI=1S/C17H21FN2O/c1-12-5-4-8-19-16(12)9-13(2)20(3)11-14-10-15(18)6-7-17(14)21/h4-8,10,13,21H,9,11H2,1-3H3/t13-/m1/s1. The summed E-state index contributed by atoms with van der Waals surface area (Å²) in [6, 6.07) is 8.25. The van der Waals surface area contributed by atoms with E-state index >= 15 is 0 Å². The fourth-order valence-electron chi connectivity index (χ4n) is 2.27. The number of aryl methyl sites for hydroxylation is 1. The largest absolute Gasteiger partial charge is 0.508 e. The highest BCUT2D eigenvalue weighted by Crippen LogP contribution is 2.20. The van der Waals surface area contributed by atoms with E-state index in [-0.39, 0.29) is 17.6 Å². The third-order valence-corrected chi connectivity index (χ3v) is 3.82. The number of benzene rings is 1. The molecule has 3 nitrogen and oxygen atoms in total. The van der Waals surface area contributed by atoms with Crippen LogP contribution in [0.5, 0.6) is 5.75 Å². The lowest BCUT2D eigenvalue weighted by molar-refractivity contribution is 0.243. The van der Waals surface area contributed by atoms with Crippen molar-refractivity contribution in [2.24, 2.45) is 0 Å². The first-order valence-corrected chi connectivity index (χ1v) is 7.05. The second kappa shape index (κ2) is 6.68. The summed E-state index contributed by atoms with van der Waals surface area (Å²) in [5.74, 6) is -0.200. The molecule has 2 rings (SSSR count). The molecule has 4 heteroatoms. The van der Waals surface area contributed by atoms with Gasteiger partial charge < -0.3 is 5.11 Å². The van der Waals surface area contributed by atoms with Gasteiger partial charge in [-0.1, -0.05) is 6.07 Å². The Morgan fingerprint density at radius 3 is 2.81 bits per heavy atom. The molecule has 0 radical (unpaired) electrons. The molecule has 112 valence electrons. The van der Waals surface area contributed by atoms with E-state index in [0.717, 1.165) is 12.1 Å². The van der Waals surface area contributed by atoms with Crippen LogP contribution < -0.4 is 0 Å². The molecule has 1 aromatic carbocycles. The number of hydrogen-bond donors (Lipinski definition) is 1. The monoisotopic (exact) mass is 288 g/mol. The SMILES string of the molecule is Cc1cccnc1C[C@@H](C)N(C)Cc1cc(F)ccc1O. The minimum absolute atomic E-state index is 0.129. The lowest BCUT2D eigenvalue weighted by Crippen LogP contribution is -2.31. The minimum atomic E-state index is -0.329. The van der Waals surface area contributed by atoms with Gasteiger partial charge in [-0.3, -0.25) is 9.88 Å². The molecule has 0 saturated carbocycles. The van der Waals surface area contributed by atoms with Gasteiger partial charge in [-0.25, -0.2) is 4.39 Å². The number of phenolic OH excluding ortho intramolecular Hbond substituents is 1. The molecule has 0 aliphatic heterocycles. The van der Waals surface area contributed by atoms with Crippen LogP contribution in [0.25, 0.3) is 0 Å². The Labute approximate surface area is 125 Å². The van der Waals surface area contributed by atoms with E-state index in [2.05, 4.69) is 16.8 Å². The first-order valence-electron chi connectivity index (χ1n) is 7.05. The van der Waals surface area contributed by atoms with Crippen molar-refractivity contribution in [3.05, 3.63) is 59.2 Å². The minimum Gasteiger partial charge on any atom is -0.508 e. The van der Waals surface area contributed by atoms with Crippen LogP contribution in [0.1, 0.15) is 23.7 Å². The molecule has 0 spiro atoms. The molecule has 1 atom stereocenters. The Kier molecular flexibility index (Phi) is 4.91. The molecule has 0 saturated heterocycles. The number of halogens is 1. The van der Waals surface area contributed by atoms with Gasteiger partial charge in [-0.05, 0) is 50.7 Å². The normalized spacial score (nSPS) is 12.6. The number of hydrogen-bond acceptors (Lipinski definition) is 3. The molecule has 0 bridgehead atoms. The predicted molar refractivity (Wildman–Crippen MR) is 81.7 cm³/mol. The summed E-state index contributed by atoms with van der Waals surface area (Å²) in [4.78, 5) is 6.49. The molecule has 0 fully saturated rings. The summed E-state index contributed by atoms with van der Waals surface area (Å²) >= 11 is 0. The van der Waals surface area contributed by atoms with Crippen molar-refractivity contribution in [1.29, 1.82) is 0 Å². The van der Waals surface area contributed by atoms with Gasteiger partial charge in [0.1, 0.15) is 11.6 Å². The highest BCUT2D eigenvalue weighted by Gasteiger charge is 2.14. The summed E-state index contributed by atoms with van der Waals surface area (Å²) in [6.45, 7) is 4.65. The summed E-state index contributed by atoms with van der Waals surface area (Å²) in [7, 11) is 1.97. The van der Waals surface area contributed by atoms with E-state index in [1.54, 1.807) is 6.20 Å². The molecular formula is C17H21FN2O. The van der Waals surface area contributed by atoms with Crippen LogP contribution >= 0.6 is 0 Å². The van der Waals surface area contributed by atoms with Crippen LogP contribution in [-0.4, -0.2) is 28.1 Å². The Bertz CT molecular complexity index is 615. The molecular weight excluding hydrogens is 267 g/mol. The van der Waals surface area contributed by atoms with Crippen molar-refractivity contribution >= 4 is 0 Å². The lowest BCUT2D eigenvalue weighted by atomic mass is 10.1. The zero-order valence-corrected chi connectivity index (χ0v) is 12.7. The molecule has 21 heavy (non-hydrogen) atoms. The van der Waals surface area contributed by atoms with E-state index < -0.39 is 0 Å². The summed E-state index contributed by atoms with van der Waals surface area (Å²) in [5.41, 5.74) is 2.84. The average molecular weight is 288 g/mol. The van der Waals surface area contributed by atoms with Crippen molar-refractivity contribution in [2.45, 2.75) is 32.9 Å². The zero-order chi connectivity index (χ0) is 15.4. The molecule has 0 aliphatic rings. The van der Waals surface area contributed by atoms with Gasteiger partial charge in [0.25, 0.3) is 0 Å². The van der Waals surface area contributed by atoms with E-state index in [9.17, 15) is 9.50 Å². The number of pyridine rings is 1. The Balaban J connectivity index is 2.04. The third kappa shape index (κ3) is 4.02. The topological polar surface area (TPSA) is 36.4 Å². The van der Waals surface area contributed by atoms with E-state index in [4.69, 9.17) is 0 Å². The highest BCUT2D eigenvalue weighted by atomic mass is 19.1. The highest BCUT2D eigenvalue weighted by molar-refractivity contribution is 5.32. The molecule has 1 N–H and O–H groups in total. The first-order chi connectivity index (χ1) is 9.97. The van der Waals surface area contributed by atoms with Crippen LogP contribution in [0.15, 0.2) is 36.5 Å². The van der Waals surface area contributed by atoms with Gasteiger partial charge in [-0.15, -0.1) is 0 Å². The second-order valence-electron chi connectivity index (χ2n) is 5.51. The Hall–Kier alpha value is -1.94. The zero-order valence-electron chi connectivity index (χ0n) is 12.7. The summed E-state index contributed by atoms with van der Waals surface area (Å²) in [6.07, 6.45) is 2.62. The van der Waals surface area contributed by atoms with Crippen molar-refractivity contribution in [3.63, 3.8) is 0 Å². The lowest BCUT2D eigenvalue weighted by Gasteiger charge is -2.25. The molecule has 0 unspecified atom stereocenters. The van der Waals surface area contributed by atoms with Gasteiger partial charge in [0.05, 0.1) is 0 Å². The Morgan fingerprint density at radius 2 is 2.10 bits per heavy atom. The molecule has 1 aromatic heterocycles. The van der Waals surface area contributed by atoms with Crippen LogP contribution in [0.3, 0.4) is 0 Å². The maximum absolute atomic E-state index is 13.3. The molecule has 0 aliphatic carbocycles. The van der Waals surface area contributed by atoms with Gasteiger partial charge >= 0.3 is 0 Å². The fourth-order valence-corrected chi connectivity index (χ4v) is 2.27. The van der Waals surface area contributed by atoms with Crippen molar-refractivity contribution in [2.75, 3.05) is 7.05 Å². The van der Waals surface area contributed by atoms with Crippen molar-refractivity contribution in [1.82, 2.24) is 9.88 Å². The number of nitrogens with zero attached hydrogens (tertiary/aromatic N) is 2. The number of aromatic nitrogens is 1. The van der Waals surface area contributed by atoms with E-state index in [1.807, 2.05) is 26.1 Å². The van der Waals surface area contributed by atoms with Gasteiger partial charge in [-0.2, -0.15) is 0 Å². The first kappa shape index (κ1) is 15.4. The van der Waals surface area contributed by atoms with Crippen LogP contribution in [0, 0.1) is 12.7 Å². The quantitative estimate of drug-likeness (QED) is 0.917. The van der Waals surface area contributed by atoms with Gasteiger partial charge in [0.15, 0.2) is 0 Å². The number of aromatic hydroxyl groups is 1. The van der Waals surface area contributed by atoms with Gasteiger partial charge in [0.2, 0.25) is 0 Å². The van der Waals surface area contributed by atoms with Crippen molar-refractivity contribution < 1.29 is 9.50 Å². The maximum Gasteiger partial charge on any atom is 0.123 e. The van der Waals surface area contributed by atoms with Crippen LogP contribution in [-0.2, 0) is 13.0 Å². The third-order valence-electron chi connectivity index (χ3n) is 3.82. The van der Waals surface area contributed by atoms with E-state index in [1.165, 1.54) is 23.8 Å². The number of phenols is 1. The fraction of sp³-hybridized carbons (Fsp3) is 0.353. The van der Waals surface area contributed by atoms with Gasteiger partial charge in [0, 0.05) is 36.5 Å². The van der Waals surface area contributed by atoms with E-state index in [0.29, 0.717) is 12.1 Å². The number of likely N-dealkylation sites (N-methyl/N-ethyl adjacent to an activating group) is 1. The van der Waals surface area contributed by atoms with Crippen LogP contribution in [0.4, 0.5) is 4.39 Å². The Morgan fingerprint density at radius 1 is 1.33 bits per heavy atom. The maximum atomic E-state index is 13.3. The predicted octanol–water partition coefficient (Wildman–Crippen LogP) is 3.30. The number of rotatable bonds is 5. The average Bonchev–Trinajstić information content (AvgIpc) is 2.45.